The van der Waals surface area contributed by atoms with Crippen LogP contribution < -0.4 is 5.73 Å². The van der Waals surface area contributed by atoms with Gasteiger partial charge >= 0.3 is 0 Å². The van der Waals surface area contributed by atoms with E-state index < -0.39 is 0 Å². The summed E-state index contributed by atoms with van der Waals surface area (Å²) >= 11 is 0. The molecule has 0 atom stereocenters. The van der Waals surface area contributed by atoms with Gasteiger partial charge in [0.15, 0.2) is 0 Å². The summed E-state index contributed by atoms with van der Waals surface area (Å²) in [5.74, 6) is 1.89. The van der Waals surface area contributed by atoms with Gasteiger partial charge in [0.25, 0.3) is 0 Å². The molecule has 0 aromatic carbocycles. The first-order valence-corrected chi connectivity index (χ1v) is 6.55. The van der Waals surface area contributed by atoms with Gasteiger partial charge < -0.3 is 15.1 Å². The van der Waals surface area contributed by atoms with Crippen molar-refractivity contribution in [1.29, 1.82) is 0 Å². The Balaban J connectivity index is 2.11. The van der Waals surface area contributed by atoms with Crippen molar-refractivity contribution >= 4 is 5.91 Å². The zero-order valence-corrected chi connectivity index (χ0v) is 11.4. The smallest absolute Gasteiger partial charge is 0.230 e. The molecule has 1 aliphatic rings. The summed E-state index contributed by atoms with van der Waals surface area (Å²) in [6.07, 6.45) is 1.84. The second kappa shape index (κ2) is 4.76. The number of carbonyl (C=O) groups is 1. The van der Waals surface area contributed by atoms with E-state index in [1.54, 1.807) is 0 Å². The molecule has 2 N–H and O–H groups in total. The topological polar surface area (TPSA) is 59.5 Å². The van der Waals surface area contributed by atoms with Crippen molar-refractivity contribution in [1.82, 2.24) is 4.90 Å². The van der Waals surface area contributed by atoms with Crippen LogP contribution >= 0.6 is 0 Å². The van der Waals surface area contributed by atoms with E-state index in [2.05, 4.69) is 0 Å². The lowest BCUT2D eigenvalue weighted by molar-refractivity contribution is -0.139. The third kappa shape index (κ3) is 2.43. The molecular weight excluding hydrogens is 228 g/mol. The SMILES string of the molecule is Cc1ccc(CN(C(=O)C2(CN)CC2)C(C)C)o1. The van der Waals surface area contributed by atoms with Crippen LogP contribution in [0.2, 0.25) is 0 Å². The minimum Gasteiger partial charge on any atom is -0.464 e. The van der Waals surface area contributed by atoms with Crippen molar-refractivity contribution < 1.29 is 9.21 Å². The van der Waals surface area contributed by atoms with Crippen molar-refractivity contribution in [3.8, 4) is 0 Å². The first-order chi connectivity index (χ1) is 8.48. The van der Waals surface area contributed by atoms with E-state index in [1.165, 1.54) is 0 Å². The molecule has 100 valence electrons. The molecule has 4 heteroatoms. The van der Waals surface area contributed by atoms with E-state index in [-0.39, 0.29) is 17.4 Å². The number of hydrogen-bond acceptors (Lipinski definition) is 3. The maximum atomic E-state index is 12.5. The molecule has 2 rings (SSSR count). The molecule has 1 saturated carbocycles. The molecule has 1 aliphatic carbocycles. The summed E-state index contributed by atoms with van der Waals surface area (Å²) in [5, 5.41) is 0. The number of rotatable bonds is 5. The Morgan fingerprint density at radius 1 is 1.50 bits per heavy atom. The van der Waals surface area contributed by atoms with Gasteiger partial charge in [-0.25, -0.2) is 0 Å². The standard InChI is InChI=1S/C14H22N2O2/c1-10(2)16(8-12-5-4-11(3)18-12)13(17)14(9-15)6-7-14/h4-5,10H,6-9,15H2,1-3H3. The molecule has 18 heavy (non-hydrogen) atoms. The number of aryl methyl sites for hydroxylation is 1. The predicted molar refractivity (Wildman–Crippen MR) is 69.9 cm³/mol. The van der Waals surface area contributed by atoms with Gasteiger partial charge in [-0.3, -0.25) is 4.79 Å². The van der Waals surface area contributed by atoms with Crippen molar-refractivity contribution in [3.63, 3.8) is 0 Å². The highest BCUT2D eigenvalue weighted by molar-refractivity contribution is 5.85. The maximum absolute atomic E-state index is 12.5. The fraction of sp³-hybridized carbons (Fsp3) is 0.643. The van der Waals surface area contributed by atoms with Crippen LogP contribution in [0.5, 0.6) is 0 Å². The molecule has 0 unspecified atom stereocenters. The molecule has 0 saturated heterocycles. The fourth-order valence-corrected chi connectivity index (χ4v) is 2.19. The molecule has 1 aromatic rings. The Morgan fingerprint density at radius 3 is 2.56 bits per heavy atom. The first-order valence-electron chi connectivity index (χ1n) is 6.55. The number of hydrogen-bond donors (Lipinski definition) is 1. The van der Waals surface area contributed by atoms with Gasteiger partial charge in [-0.2, -0.15) is 0 Å². The summed E-state index contributed by atoms with van der Waals surface area (Å²) in [7, 11) is 0. The minimum absolute atomic E-state index is 0.159. The zero-order chi connectivity index (χ0) is 13.3. The second-order valence-electron chi connectivity index (χ2n) is 5.52. The maximum Gasteiger partial charge on any atom is 0.230 e. The number of nitrogens with two attached hydrogens (primary N) is 1. The Hall–Kier alpha value is -1.29. The van der Waals surface area contributed by atoms with Gasteiger partial charge in [0.2, 0.25) is 5.91 Å². The second-order valence-corrected chi connectivity index (χ2v) is 5.52. The number of carbonyl (C=O) groups excluding carboxylic acids is 1. The Bertz CT molecular complexity index is 433. The van der Waals surface area contributed by atoms with Crippen LogP contribution in [0.4, 0.5) is 0 Å². The highest BCUT2D eigenvalue weighted by Gasteiger charge is 2.50. The summed E-state index contributed by atoms with van der Waals surface area (Å²) in [4.78, 5) is 14.4. The lowest BCUT2D eigenvalue weighted by atomic mass is 10.0. The molecule has 4 nitrogen and oxygen atoms in total. The lowest BCUT2D eigenvalue weighted by Crippen LogP contribution is -2.43. The van der Waals surface area contributed by atoms with Crippen molar-refractivity contribution in [2.24, 2.45) is 11.1 Å². The first kappa shape index (κ1) is 13.1. The van der Waals surface area contributed by atoms with Gasteiger partial charge in [0.1, 0.15) is 11.5 Å². The summed E-state index contributed by atoms with van der Waals surface area (Å²) in [6, 6.07) is 4.01. The average Bonchev–Trinajstić information content (AvgIpc) is 3.03. The molecule has 1 aromatic heterocycles. The number of amides is 1. The summed E-state index contributed by atoms with van der Waals surface area (Å²) < 4.78 is 5.56. The van der Waals surface area contributed by atoms with Crippen LogP contribution in [-0.2, 0) is 11.3 Å². The van der Waals surface area contributed by atoms with Crippen molar-refractivity contribution in [2.45, 2.75) is 46.2 Å². The van der Waals surface area contributed by atoms with Gasteiger partial charge in [-0.15, -0.1) is 0 Å². The largest absolute Gasteiger partial charge is 0.464 e. The van der Waals surface area contributed by atoms with Crippen LogP contribution in [0, 0.1) is 12.3 Å². The normalized spacial score (nSPS) is 16.9. The van der Waals surface area contributed by atoms with E-state index in [0.29, 0.717) is 13.1 Å². The molecule has 1 fully saturated rings. The minimum atomic E-state index is -0.286. The molecule has 0 radical (unpaired) electrons. The van der Waals surface area contributed by atoms with E-state index in [4.69, 9.17) is 10.2 Å². The monoisotopic (exact) mass is 250 g/mol. The van der Waals surface area contributed by atoms with Gasteiger partial charge in [0.05, 0.1) is 12.0 Å². The fourth-order valence-electron chi connectivity index (χ4n) is 2.19. The Kier molecular flexibility index (Phi) is 3.48. The predicted octanol–water partition coefficient (Wildman–Crippen LogP) is 2.06. The zero-order valence-electron chi connectivity index (χ0n) is 11.4. The van der Waals surface area contributed by atoms with E-state index in [9.17, 15) is 4.79 Å². The van der Waals surface area contributed by atoms with Crippen LogP contribution in [0.15, 0.2) is 16.5 Å². The Labute approximate surface area is 108 Å². The summed E-state index contributed by atoms with van der Waals surface area (Å²) in [6.45, 7) is 6.95. The molecule has 0 bridgehead atoms. The summed E-state index contributed by atoms with van der Waals surface area (Å²) in [5.41, 5.74) is 5.45. The van der Waals surface area contributed by atoms with Crippen LogP contribution in [0.25, 0.3) is 0 Å². The van der Waals surface area contributed by atoms with E-state index >= 15 is 0 Å². The third-order valence-electron chi connectivity index (χ3n) is 3.70. The lowest BCUT2D eigenvalue weighted by Gasteiger charge is -2.29. The van der Waals surface area contributed by atoms with Crippen LogP contribution in [0.1, 0.15) is 38.2 Å². The van der Waals surface area contributed by atoms with Crippen molar-refractivity contribution in [3.05, 3.63) is 23.7 Å². The molecular formula is C14H22N2O2. The highest BCUT2D eigenvalue weighted by atomic mass is 16.3. The van der Waals surface area contributed by atoms with Gasteiger partial charge in [-0.05, 0) is 45.7 Å². The number of furan rings is 1. The third-order valence-corrected chi connectivity index (χ3v) is 3.70. The molecule has 1 heterocycles. The van der Waals surface area contributed by atoms with Crippen molar-refractivity contribution in [2.75, 3.05) is 6.54 Å². The number of nitrogens with zero attached hydrogens (tertiary/aromatic N) is 1. The molecule has 0 aliphatic heterocycles. The van der Waals surface area contributed by atoms with E-state index in [0.717, 1.165) is 24.4 Å². The van der Waals surface area contributed by atoms with Gasteiger partial charge in [0, 0.05) is 12.6 Å². The molecule has 1 amide bonds. The van der Waals surface area contributed by atoms with Crippen LogP contribution in [-0.4, -0.2) is 23.4 Å². The highest BCUT2D eigenvalue weighted by Crippen LogP contribution is 2.46. The van der Waals surface area contributed by atoms with Gasteiger partial charge in [-0.1, -0.05) is 0 Å². The quantitative estimate of drug-likeness (QED) is 0.870. The average molecular weight is 250 g/mol. The van der Waals surface area contributed by atoms with E-state index in [1.807, 2.05) is 37.8 Å². The molecule has 0 spiro atoms. The Morgan fingerprint density at radius 2 is 2.17 bits per heavy atom. The van der Waals surface area contributed by atoms with Crippen LogP contribution in [0.3, 0.4) is 0 Å².